The van der Waals surface area contributed by atoms with Crippen LogP contribution in [0.2, 0.25) is 0 Å². The Morgan fingerprint density at radius 1 is 1.67 bits per heavy atom. The molecule has 15 heavy (non-hydrogen) atoms. The number of halogens is 2. The molecular formula is C7H10Br2N4O2. The summed E-state index contributed by atoms with van der Waals surface area (Å²) in [5.74, 6) is 0.0221. The molecule has 84 valence electrons. The summed E-state index contributed by atoms with van der Waals surface area (Å²) < 4.78 is 1.90. The fourth-order valence-electron chi connectivity index (χ4n) is 1.04. The molecule has 0 saturated carbocycles. The van der Waals surface area contributed by atoms with Crippen molar-refractivity contribution < 1.29 is 4.92 Å². The maximum atomic E-state index is 10.4. The van der Waals surface area contributed by atoms with Gasteiger partial charge in [-0.1, -0.05) is 29.3 Å². The van der Waals surface area contributed by atoms with E-state index in [2.05, 4.69) is 48.9 Å². The average Bonchev–Trinajstić information content (AvgIpc) is 2.56. The van der Waals surface area contributed by atoms with Crippen molar-refractivity contribution in [3.8, 4) is 0 Å². The predicted octanol–water partition coefficient (Wildman–Crippen LogP) is 2.37. The lowest BCUT2D eigenvalue weighted by Gasteiger charge is -2.08. The molecule has 0 bridgehead atoms. The summed E-state index contributed by atoms with van der Waals surface area (Å²) in [4.78, 5) is 13.5. The third-order valence-electron chi connectivity index (χ3n) is 2.01. The van der Waals surface area contributed by atoms with E-state index in [9.17, 15) is 10.1 Å². The molecule has 0 spiro atoms. The van der Waals surface area contributed by atoms with Crippen LogP contribution in [0.3, 0.4) is 0 Å². The van der Waals surface area contributed by atoms with E-state index in [0.29, 0.717) is 17.2 Å². The highest BCUT2D eigenvalue weighted by molar-refractivity contribution is 9.10. The van der Waals surface area contributed by atoms with Gasteiger partial charge in [0.05, 0.1) is 6.54 Å². The summed E-state index contributed by atoms with van der Waals surface area (Å²) in [6.07, 6.45) is 0.978. The highest BCUT2D eigenvalue weighted by atomic mass is 79.9. The lowest BCUT2D eigenvalue weighted by molar-refractivity contribution is -0.394. The molecule has 1 aromatic heterocycles. The Morgan fingerprint density at radius 3 is 2.73 bits per heavy atom. The van der Waals surface area contributed by atoms with Crippen LogP contribution < -0.4 is 0 Å². The van der Waals surface area contributed by atoms with Crippen molar-refractivity contribution in [3.63, 3.8) is 0 Å². The van der Waals surface area contributed by atoms with Crippen LogP contribution in [0.1, 0.15) is 13.3 Å². The van der Waals surface area contributed by atoms with Gasteiger partial charge in [-0.2, -0.15) is 4.68 Å². The van der Waals surface area contributed by atoms with Crippen molar-refractivity contribution in [2.45, 2.75) is 19.9 Å². The molecular weight excluding hydrogens is 332 g/mol. The number of hydrogen-bond acceptors (Lipinski definition) is 4. The SMILES string of the molecule is CCC(CBr)Cn1nc([N+](=O)[O-])nc1Br. The van der Waals surface area contributed by atoms with Gasteiger partial charge in [0.15, 0.2) is 0 Å². The molecule has 1 aromatic rings. The molecule has 0 aliphatic rings. The Morgan fingerprint density at radius 2 is 2.33 bits per heavy atom. The lowest BCUT2D eigenvalue weighted by Crippen LogP contribution is -2.12. The molecule has 1 atom stereocenters. The van der Waals surface area contributed by atoms with Crippen LogP contribution in [0.4, 0.5) is 5.95 Å². The zero-order chi connectivity index (χ0) is 11.4. The van der Waals surface area contributed by atoms with Crippen molar-refractivity contribution in [2.75, 3.05) is 5.33 Å². The minimum Gasteiger partial charge on any atom is -0.390 e. The average molecular weight is 342 g/mol. The van der Waals surface area contributed by atoms with Gasteiger partial charge >= 0.3 is 5.95 Å². The van der Waals surface area contributed by atoms with Gasteiger partial charge in [-0.3, -0.25) is 0 Å². The quantitative estimate of drug-likeness (QED) is 0.468. The largest absolute Gasteiger partial charge is 0.492 e. The fraction of sp³-hybridized carbons (Fsp3) is 0.714. The molecule has 1 unspecified atom stereocenters. The van der Waals surface area contributed by atoms with E-state index in [0.717, 1.165) is 11.8 Å². The Balaban J connectivity index is 2.81. The summed E-state index contributed by atoms with van der Waals surface area (Å²) in [5, 5.41) is 15.0. The number of alkyl halides is 1. The molecule has 0 aliphatic carbocycles. The van der Waals surface area contributed by atoms with E-state index in [1.165, 1.54) is 4.68 Å². The van der Waals surface area contributed by atoms with Gasteiger partial charge in [-0.15, -0.1) is 0 Å². The molecule has 8 heteroatoms. The molecule has 0 aromatic carbocycles. The molecule has 0 radical (unpaired) electrons. The molecule has 0 N–H and O–H groups in total. The first kappa shape index (κ1) is 12.6. The van der Waals surface area contributed by atoms with Crippen molar-refractivity contribution >= 4 is 37.8 Å². The summed E-state index contributed by atoms with van der Waals surface area (Å²) in [7, 11) is 0. The minimum atomic E-state index is -0.601. The number of nitrogens with zero attached hydrogens (tertiary/aromatic N) is 4. The van der Waals surface area contributed by atoms with Gasteiger partial charge < -0.3 is 10.1 Å². The summed E-state index contributed by atoms with van der Waals surface area (Å²) in [6, 6.07) is 0. The topological polar surface area (TPSA) is 73.8 Å². The van der Waals surface area contributed by atoms with Gasteiger partial charge in [0.25, 0.3) is 4.73 Å². The fourth-order valence-corrected chi connectivity index (χ4v) is 2.08. The summed E-state index contributed by atoms with van der Waals surface area (Å²) in [6.45, 7) is 2.67. The Hall–Kier alpha value is -0.500. The number of nitro groups is 1. The second kappa shape index (κ2) is 5.55. The third-order valence-corrected chi connectivity index (χ3v) is 3.51. The first-order valence-electron chi connectivity index (χ1n) is 4.39. The number of hydrogen-bond donors (Lipinski definition) is 0. The highest BCUT2D eigenvalue weighted by Gasteiger charge is 2.21. The first-order chi connectivity index (χ1) is 7.08. The van der Waals surface area contributed by atoms with E-state index in [1.807, 2.05) is 0 Å². The van der Waals surface area contributed by atoms with Crippen molar-refractivity contribution in [3.05, 3.63) is 14.8 Å². The number of rotatable bonds is 5. The summed E-state index contributed by atoms with van der Waals surface area (Å²) >= 11 is 6.52. The van der Waals surface area contributed by atoms with E-state index >= 15 is 0 Å². The maximum Gasteiger partial charge on any atom is 0.492 e. The van der Waals surface area contributed by atoms with E-state index < -0.39 is 4.92 Å². The van der Waals surface area contributed by atoms with E-state index in [4.69, 9.17) is 0 Å². The highest BCUT2D eigenvalue weighted by Crippen LogP contribution is 2.16. The zero-order valence-corrected chi connectivity index (χ0v) is 11.2. The molecule has 0 amide bonds. The molecule has 6 nitrogen and oxygen atoms in total. The smallest absolute Gasteiger partial charge is 0.390 e. The first-order valence-corrected chi connectivity index (χ1v) is 6.30. The van der Waals surface area contributed by atoms with Crippen molar-refractivity contribution in [1.82, 2.24) is 14.8 Å². The monoisotopic (exact) mass is 340 g/mol. The van der Waals surface area contributed by atoms with Crippen LogP contribution in [-0.4, -0.2) is 25.0 Å². The van der Waals surface area contributed by atoms with Gasteiger partial charge in [0, 0.05) is 26.4 Å². The maximum absolute atomic E-state index is 10.4. The molecule has 1 heterocycles. The van der Waals surface area contributed by atoms with Crippen LogP contribution in [0.5, 0.6) is 0 Å². The van der Waals surface area contributed by atoms with Gasteiger partial charge in [-0.25, -0.2) is 0 Å². The van der Waals surface area contributed by atoms with E-state index in [-0.39, 0.29) is 5.95 Å². The van der Waals surface area contributed by atoms with Crippen LogP contribution >= 0.6 is 31.9 Å². The second-order valence-electron chi connectivity index (χ2n) is 3.05. The van der Waals surface area contributed by atoms with Gasteiger partial charge in [-0.05, 0) is 15.8 Å². The normalized spacial score (nSPS) is 12.7. The minimum absolute atomic E-state index is 0.369. The third kappa shape index (κ3) is 3.23. The molecule has 1 rings (SSSR count). The van der Waals surface area contributed by atoms with E-state index in [1.54, 1.807) is 0 Å². The van der Waals surface area contributed by atoms with Crippen LogP contribution in [0, 0.1) is 16.0 Å². The summed E-state index contributed by atoms with van der Waals surface area (Å²) in [5.41, 5.74) is 0. The Kier molecular flexibility index (Phi) is 4.65. The molecule has 0 saturated heterocycles. The Bertz CT molecular complexity index is 351. The predicted molar refractivity (Wildman–Crippen MR) is 62.0 cm³/mol. The Labute approximate surface area is 103 Å². The standard InChI is InChI=1S/C7H10Br2N4O2/c1-2-5(3-8)4-12-6(9)10-7(11-12)13(14)15/h5H,2-4H2,1H3. The van der Waals surface area contributed by atoms with Crippen molar-refractivity contribution in [2.24, 2.45) is 5.92 Å². The second-order valence-corrected chi connectivity index (χ2v) is 4.41. The zero-order valence-electron chi connectivity index (χ0n) is 8.06. The van der Waals surface area contributed by atoms with Crippen LogP contribution in [-0.2, 0) is 6.54 Å². The van der Waals surface area contributed by atoms with Crippen LogP contribution in [0.25, 0.3) is 0 Å². The molecule has 0 fully saturated rings. The molecule has 0 aliphatic heterocycles. The van der Waals surface area contributed by atoms with Gasteiger partial charge in [0.1, 0.15) is 0 Å². The van der Waals surface area contributed by atoms with Crippen molar-refractivity contribution in [1.29, 1.82) is 0 Å². The van der Waals surface area contributed by atoms with Gasteiger partial charge in [0.2, 0.25) is 0 Å². The van der Waals surface area contributed by atoms with Crippen LogP contribution in [0.15, 0.2) is 4.73 Å². The number of aromatic nitrogens is 3. The lowest BCUT2D eigenvalue weighted by atomic mass is 10.1.